The van der Waals surface area contributed by atoms with E-state index in [1.807, 2.05) is 24.1 Å². The van der Waals surface area contributed by atoms with Gasteiger partial charge in [-0.1, -0.05) is 56.1 Å². The van der Waals surface area contributed by atoms with Crippen LogP contribution < -0.4 is 4.72 Å². The second kappa shape index (κ2) is 9.40. The van der Waals surface area contributed by atoms with Crippen molar-refractivity contribution in [1.82, 2.24) is 4.72 Å². The minimum Gasteiger partial charge on any atom is -0.508 e. The highest BCUT2D eigenvalue weighted by atomic mass is 32.2. The number of fused-ring (bicyclic) bond motifs is 1. The molecule has 1 atom stereocenters. The Kier molecular flexibility index (Phi) is 7.53. The van der Waals surface area contributed by atoms with Crippen LogP contribution in [0.15, 0.2) is 42.5 Å². The summed E-state index contributed by atoms with van der Waals surface area (Å²) in [6.07, 6.45) is 4.91. The van der Waals surface area contributed by atoms with Gasteiger partial charge in [-0.3, -0.25) is 4.72 Å². The van der Waals surface area contributed by atoms with E-state index in [0.29, 0.717) is 17.0 Å². The largest absolute Gasteiger partial charge is 0.508 e. The minimum atomic E-state index is 0.341. The zero-order chi connectivity index (χ0) is 17.5. The molecule has 2 N–H and O–H groups in total. The van der Waals surface area contributed by atoms with Crippen LogP contribution in [0.4, 0.5) is 0 Å². The summed E-state index contributed by atoms with van der Waals surface area (Å²) >= 11 is 5.35. The molecule has 0 aromatic heterocycles. The number of hydrogen-bond donors (Lipinski definition) is 3. The second-order valence-corrected chi connectivity index (χ2v) is 7.67. The third kappa shape index (κ3) is 5.20. The summed E-state index contributed by atoms with van der Waals surface area (Å²) in [7, 11) is 0. The van der Waals surface area contributed by atoms with Crippen LogP contribution in [0.2, 0.25) is 0 Å². The van der Waals surface area contributed by atoms with Crippen molar-refractivity contribution >= 4 is 24.6 Å². The Labute approximate surface area is 155 Å². The summed E-state index contributed by atoms with van der Waals surface area (Å²) in [5.41, 5.74) is 5.40. The number of phenolic OH excluding ortho intramolecular Hbond substituents is 1. The van der Waals surface area contributed by atoms with Crippen LogP contribution in [0.25, 0.3) is 0 Å². The Morgan fingerprint density at radius 3 is 2.62 bits per heavy atom. The molecule has 0 radical (unpaired) electrons. The van der Waals surface area contributed by atoms with Crippen molar-refractivity contribution in [3.05, 3.63) is 64.7 Å². The lowest BCUT2D eigenvalue weighted by atomic mass is 10.00. The van der Waals surface area contributed by atoms with Crippen molar-refractivity contribution in [2.45, 2.75) is 44.4 Å². The van der Waals surface area contributed by atoms with Gasteiger partial charge in [0, 0.05) is 11.3 Å². The molecule has 0 saturated heterocycles. The second-order valence-electron chi connectivity index (χ2n) is 6.26. The molecule has 2 aromatic carbocycles. The Bertz CT molecular complexity index is 658. The molecule has 1 aliphatic rings. The van der Waals surface area contributed by atoms with Crippen LogP contribution in [0, 0.1) is 0 Å². The summed E-state index contributed by atoms with van der Waals surface area (Å²) in [5.74, 6) is 0.341. The van der Waals surface area contributed by atoms with Gasteiger partial charge < -0.3 is 5.11 Å². The van der Waals surface area contributed by atoms with Gasteiger partial charge in [0.15, 0.2) is 0 Å². The van der Waals surface area contributed by atoms with E-state index in [1.165, 1.54) is 23.1 Å². The van der Waals surface area contributed by atoms with Crippen LogP contribution in [0.1, 0.15) is 48.6 Å². The van der Waals surface area contributed by atoms with E-state index >= 15 is 0 Å². The number of hydrogen-bond acceptors (Lipinski definition) is 4. The fourth-order valence-electron chi connectivity index (χ4n) is 3.02. The fourth-order valence-corrected chi connectivity index (χ4v) is 3.70. The van der Waals surface area contributed by atoms with Crippen molar-refractivity contribution in [3.63, 3.8) is 0 Å². The Balaban J connectivity index is 0.00000100. The highest BCUT2D eigenvalue weighted by Crippen LogP contribution is 2.34. The molecule has 0 heterocycles. The molecule has 130 valence electrons. The van der Waals surface area contributed by atoms with Crippen LogP contribution >= 0.6 is 24.6 Å². The molecule has 0 bridgehead atoms. The van der Waals surface area contributed by atoms with E-state index in [4.69, 9.17) is 0 Å². The molecule has 0 spiro atoms. The molecule has 0 amide bonds. The molecule has 2 aromatic rings. The molecule has 0 saturated carbocycles. The molecular weight excluding hydrogens is 334 g/mol. The van der Waals surface area contributed by atoms with Gasteiger partial charge in [0.1, 0.15) is 5.75 Å². The fraction of sp³-hybridized carbons (Fsp3) is 0.400. The number of benzene rings is 2. The normalized spacial score (nSPS) is 15.8. The number of aryl methyl sites for hydroxylation is 1. The number of rotatable bonds is 5. The molecule has 0 fully saturated rings. The van der Waals surface area contributed by atoms with Crippen molar-refractivity contribution in [2.24, 2.45) is 0 Å². The summed E-state index contributed by atoms with van der Waals surface area (Å²) in [5, 5.41) is 10.2. The van der Waals surface area contributed by atoms with Gasteiger partial charge in [-0.15, -0.1) is 0 Å². The standard InChI is InChI=1S/C19H23NOS.CH4S/c1-13(2)22-20-19-9-7-16-11-15(6-8-18(16)19)10-14-4-3-5-17(21)12-14;1-2/h3-6,8,11-13,19-21H,7,9-10H2,1-2H3;2H,1H3. The lowest BCUT2D eigenvalue weighted by Crippen LogP contribution is -2.13. The quantitative estimate of drug-likeness (QED) is 0.508. The summed E-state index contributed by atoms with van der Waals surface area (Å²) in [6.45, 7) is 4.43. The lowest BCUT2D eigenvalue weighted by molar-refractivity contribution is 0.474. The topological polar surface area (TPSA) is 32.3 Å². The molecule has 1 aliphatic carbocycles. The number of aromatic hydroxyl groups is 1. The third-order valence-corrected chi connectivity index (χ3v) is 4.94. The Hall–Kier alpha value is -1.10. The zero-order valence-electron chi connectivity index (χ0n) is 14.6. The van der Waals surface area contributed by atoms with Crippen LogP contribution in [0.3, 0.4) is 0 Å². The maximum atomic E-state index is 9.57. The number of nitrogens with one attached hydrogen (secondary N) is 1. The van der Waals surface area contributed by atoms with Crippen LogP contribution in [0.5, 0.6) is 5.75 Å². The maximum Gasteiger partial charge on any atom is 0.115 e. The number of thiol groups is 1. The molecule has 0 aliphatic heterocycles. The summed E-state index contributed by atoms with van der Waals surface area (Å²) < 4.78 is 3.60. The smallest absolute Gasteiger partial charge is 0.115 e. The van der Waals surface area contributed by atoms with Crippen molar-refractivity contribution in [2.75, 3.05) is 6.26 Å². The monoisotopic (exact) mass is 361 g/mol. The lowest BCUT2D eigenvalue weighted by Gasteiger charge is -2.15. The SMILES string of the molecule is CC(C)SNC1CCc2cc(Cc3cccc(O)c3)ccc21.CS. The van der Waals surface area contributed by atoms with Gasteiger partial charge in [0.2, 0.25) is 0 Å². The van der Waals surface area contributed by atoms with Crippen molar-refractivity contribution in [1.29, 1.82) is 0 Å². The van der Waals surface area contributed by atoms with Gasteiger partial charge in [-0.2, -0.15) is 12.6 Å². The molecule has 3 rings (SSSR count). The van der Waals surface area contributed by atoms with Crippen molar-refractivity contribution < 1.29 is 5.11 Å². The molecule has 1 unspecified atom stereocenters. The first-order valence-corrected chi connectivity index (χ1v) is 10.1. The predicted molar refractivity (Wildman–Crippen MR) is 109 cm³/mol. The van der Waals surface area contributed by atoms with E-state index < -0.39 is 0 Å². The van der Waals surface area contributed by atoms with Gasteiger partial charge in [0.25, 0.3) is 0 Å². The van der Waals surface area contributed by atoms with E-state index in [1.54, 1.807) is 12.3 Å². The predicted octanol–water partition coefficient (Wildman–Crippen LogP) is 5.16. The number of phenols is 1. The van der Waals surface area contributed by atoms with E-state index in [9.17, 15) is 5.11 Å². The maximum absolute atomic E-state index is 9.57. The highest BCUT2D eigenvalue weighted by molar-refractivity contribution is 7.97. The summed E-state index contributed by atoms with van der Waals surface area (Å²) in [4.78, 5) is 0. The summed E-state index contributed by atoms with van der Waals surface area (Å²) in [6, 6.07) is 14.9. The minimum absolute atomic E-state index is 0.341. The van der Waals surface area contributed by atoms with E-state index in [-0.39, 0.29) is 0 Å². The molecule has 4 heteroatoms. The average Bonchev–Trinajstić information content (AvgIpc) is 2.97. The van der Waals surface area contributed by atoms with Gasteiger partial charge in [-0.25, -0.2) is 0 Å². The molecular formula is C20H27NOS2. The van der Waals surface area contributed by atoms with Gasteiger partial charge in [0.05, 0.1) is 0 Å². The third-order valence-electron chi connectivity index (χ3n) is 4.05. The van der Waals surface area contributed by atoms with Gasteiger partial charge in [-0.05, 0) is 59.9 Å². The van der Waals surface area contributed by atoms with Crippen molar-refractivity contribution in [3.8, 4) is 5.75 Å². The van der Waals surface area contributed by atoms with E-state index in [0.717, 1.165) is 18.4 Å². The van der Waals surface area contributed by atoms with Gasteiger partial charge >= 0.3 is 0 Å². The first-order valence-electron chi connectivity index (χ1n) is 8.37. The molecule has 24 heavy (non-hydrogen) atoms. The molecule has 2 nitrogen and oxygen atoms in total. The Morgan fingerprint density at radius 2 is 1.92 bits per heavy atom. The highest BCUT2D eigenvalue weighted by Gasteiger charge is 2.22. The first-order chi connectivity index (χ1) is 11.6. The zero-order valence-corrected chi connectivity index (χ0v) is 16.3. The Morgan fingerprint density at radius 1 is 1.17 bits per heavy atom. The average molecular weight is 362 g/mol. The van der Waals surface area contributed by atoms with Crippen LogP contribution in [-0.4, -0.2) is 16.6 Å². The first kappa shape index (κ1) is 19.2. The van der Waals surface area contributed by atoms with Crippen LogP contribution in [-0.2, 0) is 12.8 Å². The van der Waals surface area contributed by atoms with E-state index in [2.05, 4.69) is 55.5 Å².